The average molecular weight is 1020 g/mol. The standard InChI is InChI=1S/C20H34N2O6.C12H20N2O2.C8H14O4.C6H8N2.C6H12O2/c1-2-6-25-12-18(23)10-21-16-4-3-5-17(9-16)22-11-19(24)13-26-7-8-27-14-20-15-28-20;1-2-6-16-9-12(15)8-14-11-5-3-4-10(13)7-11;1(9-3-7-5-11-7)2-10-4-8-6-12-8;7-5-2-1-3-6(8)4-5;1-2-3-7-4-6-5-8-6/h3-5,9,18-24H,2,6-8,10-15H2,1H3;3-5,7,12,14-15H,2,6,8-9,13H2,1H3;7-8H,1-6H2;1-4H,7-8H2;6H,2-5H2,1H3. The van der Waals surface area contributed by atoms with Crippen LogP contribution in [0.15, 0.2) is 72.8 Å². The van der Waals surface area contributed by atoms with Crippen molar-refractivity contribution in [2.45, 2.75) is 82.8 Å². The van der Waals surface area contributed by atoms with E-state index in [9.17, 15) is 15.3 Å². The lowest BCUT2D eigenvalue weighted by molar-refractivity contribution is 0.00537. The van der Waals surface area contributed by atoms with E-state index in [1.165, 1.54) is 0 Å². The molecular weight excluding hydrogens is 933 g/mol. The summed E-state index contributed by atoms with van der Waals surface area (Å²) in [5.41, 5.74) is 21.2. The summed E-state index contributed by atoms with van der Waals surface area (Å²) in [6, 6.07) is 22.3. The van der Waals surface area contributed by atoms with E-state index in [0.717, 1.165) is 76.0 Å². The Morgan fingerprint density at radius 3 is 1.03 bits per heavy atom. The maximum Gasteiger partial charge on any atom is 0.104 e. The molecule has 0 spiro atoms. The topological polar surface area (TPSA) is 290 Å². The molecular formula is C52H88N6O14. The molecule has 0 radical (unpaired) electrons. The van der Waals surface area contributed by atoms with Crippen LogP contribution in [0.2, 0.25) is 0 Å². The van der Waals surface area contributed by atoms with Gasteiger partial charge in [-0.1, -0.05) is 39.0 Å². The number of hydrogen-bond acceptors (Lipinski definition) is 20. The molecule has 7 unspecified atom stereocenters. The van der Waals surface area contributed by atoms with Crippen LogP contribution >= 0.6 is 0 Å². The molecule has 4 saturated heterocycles. The number of ether oxygens (including phenoxy) is 11. The van der Waals surface area contributed by atoms with Crippen LogP contribution < -0.4 is 33.2 Å². The third-order valence-corrected chi connectivity index (χ3v) is 9.83. The van der Waals surface area contributed by atoms with Gasteiger partial charge in [0, 0.05) is 73.6 Å². The number of hydrogen-bond donors (Lipinski definition) is 9. The van der Waals surface area contributed by atoms with Crippen LogP contribution in [0.25, 0.3) is 0 Å². The summed E-state index contributed by atoms with van der Waals surface area (Å²) in [5.74, 6) is 0. The van der Waals surface area contributed by atoms with Gasteiger partial charge in [-0.25, -0.2) is 0 Å². The predicted octanol–water partition coefficient (Wildman–Crippen LogP) is 4.04. The highest BCUT2D eigenvalue weighted by Crippen LogP contribution is 2.16. The smallest absolute Gasteiger partial charge is 0.104 e. The minimum absolute atomic E-state index is 0.248. The van der Waals surface area contributed by atoms with Crippen LogP contribution in [0, 0.1) is 0 Å². The third kappa shape index (κ3) is 37.6. The molecule has 0 saturated carbocycles. The van der Waals surface area contributed by atoms with Gasteiger partial charge in [-0.15, -0.1) is 0 Å². The normalized spacial score (nSPS) is 18.9. The molecule has 20 nitrogen and oxygen atoms in total. The minimum Gasteiger partial charge on any atom is -0.399 e. The summed E-state index contributed by atoms with van der Waals surface area (Å²) in [6.07, 6.45) is 2.76. The Kier molecular flexibility index (Phi) is 34.8. The molecule has 0 bridgehead atoms. The minimum atomic E-state index is -0.610. The number of nitrogen functional groups attached to an aromatic ring is 3. The molecule has 3 aromatic carbocycles. The number of aliphatic hydroxyl groups is 3. The first-order valence-electron chi connectivity index (χ1n) is 25.4. The summed E-state index contributed by atoms with van der Waals surface area (Å²) < 4.78 is 57.0. The van der Waals surface area contributed by atoms with E-state index < -0.39 is 18.3 Å². The molecule has 4 aliphatic heterocycles. The van der Waals surface area contributed by atoms with Gasteiger partial charge in [0.25, 0.3) is 0 Å². The van der Waals surface area contributed by atoms with E-state index >= 15 is 0 Å². The first-order chi connectivity index (χ1) is 35.1. The molecule has 4 heterocycles. The number of epoxide rings is 4. The molecule has 4 aliphatic rings. The first-order valence-corrected chi connectivity index (χ1v) is 25.4. The Balaban J connectivity index is 0.000000261. The highest BCUT2D eigenvalue weighted by Gasteiger charge is 2.24. The molecule has 0 aliphatic carbocycles. The van der Waals surface area contributed by atoms with E-state index in [-0.39, 0.29) is 12.7 Å². The Hall–Kier alpha value is -4.10. The van der Waals surface area contributed by atoms with Crippen molar-refractivity contribution in [2.24, 2.45) is 0 Å². The number of benzene rings is 3. The van der Waals surface area contributed by atoms with Crippen molar-refractivity contribution in [2.75, 3.05) is 172 Å². The van der Waals surface area contributed by atoms with Crippen molar-refractivity contribution in [3.63, 3.8) is 0 Å². The lowest BCUT2D eigenvalue weighted by Gasteiger charge is -2.15. The monoisotopic (exact) mass is 1020 g/mol. The molecule has 20 heteroatoms. The number of aliphatic hydroxyl groups excluding tert-OH is 3. The van der Waals surface area contributed by atoms with Crippen LogP contribution in [0.5, 0.6) is 0 Å². The van der Waals surface area contributed by atoms with Crippen LogP contribution in [-0.2, 0) is 52.1 Å². The van der Waals surface area contributed by atoms with Crippen LogP contribution in [0.1, 0.15) is 40.0 Å². The van der Waals surface area contributed by atoms with Crippen LogP contribution in [0.3, 0.4) is 0 Å². The van der Waals surface area contributed by atoms with Crippen molar-refractivity contribution >= 4 is 34.1 Å². The van der Waals surface area contributed by atoms with Crippen molar-refractivity contribution < 1.29 is 67.4 Å². The van der Waals surface area contributed by atoms with E-state index in [0.29, 0.717) is 128 Å². The maximum atomic E-state index is 10.0. The average Bonchev–Trinajstić information content (AvgIpc) is 4.14. The molecule has 7 atom stereocenters. The number of rotatable bonds is 35. The van der Waals surface area contributed by atoms with Crippen molar-refractivity contribution in [1.82, 2.24) is 0 Å². The molecule has 4 fully saturated rings. The summed E-state index contributed by atoms with van der Waals surface area (Å²) in [7, 11) is 0. The second-order valence-electron chi connectivity index (χ2n) is 17.3. The molecule has 0 amide bonds. The van der Waals surface area contributed by atoms with E-state index in [1.807, 2.05) is 68.4 Å². The van der Waals surface area contributed by atoms with Crippen LogP contribution in [-0.4, -0.2) is 197 Å². The third-order valence-electron chi connectivity index (χ3n) is 9.83. The van der Waals surface area contributed by atoms with Gasteiger partial charge >= 0.3 is 0 Å². The molecule has 3 aromatic rings. The van der Waals surface area contributed by atoms with E-state index in [2.05, 4.69) is 22.9 Å². The summed E-state index contributed by atoms with van der Waals surface area (Å²) in [6.45, 7) is 19.1. The Morgan fingerprint density at radius 1 is 0.431 bits per heavy atom. The lowest BCUT2D eigenvalue weighted by Crippen LogP contribution is -2.26. The Bertz CT molecular complexity index is 1710. The second kappa shape index (κ2) is 40.3. The van der Waals surface area contributed by atoms with Gasteiger partial charge in [0.05, 0.1) is 117 Å². The van der Waals surface area contributed by atoms with Gasteiger partial charge in [-0.05, 0) is 73.9 Å². The molecule has 72 heavy (non-hydrogen) atoms. The van der Waals surface area contributed by atoms with Gasteiger partial charge in [0.1, 0.15) is 24.4 Å². The van der Waals surface area contributed by atoms with E-state index in [4.69, 9.17) is 69.3 Å². The van der Waals surface area contributed by atoms with Gasteiger partial charge in [-0.2, -0.15) is 0 Å². The summed E-state index contributed by atoms with van der Waals surface area (Å²) in [4.78, 5) is 0. The molecule has 410 valence electrons. The summed E-state index contributed by atoms with van der Waals surface area (Å²) >= 11 is 0. The van der Waals surface area contributed by atoms with E-state index in [1.54, 1.807) is 18.2 Å². The fraction of sp³-hybridized carbons (Fsp3) is 0.654. The van der Waals surface area contributed by atoms with Gasteiger partial charge < -0.3 is 101 Å². The SMILES string of the molecule is C(COCC1CO1)OCC1CO1.CCCOCC(O)CNc1cccc(N)c1.CCCOCC(O)CNc1cccc(NCC(O)COCCOCC2CO2)c1.CCCOCC1CO1.Nc1cccc(N)c1. The van der Waals surface area contributed by atoms with Crippen LogP contribution in [0.4, 0.5) is 34.1 Å². The highest BCUT2D eigenvalue weighted by atomic mass is 16.6. The number of nitrogens with two attached hydrogens (primary N) is 3. The Labute approximate surface area is 427 Å². The van der Waals surface area contributed by atoms with Gasteiger partial charge in [0.15, 0.2) is 0 Å². The van der Waals surface area contributed by atoms with Crippen molar-refractivity contribution in [3.8, 4) is 0 Å². The fourth-order valence-corrected chi connectivity index (χ4v) is 5.67. The summed E-state index contributed by atoms with van der Waals surface area (Å²) in [5, 5.41) is 38.9. The predicted molar refractivity (Wildman–Crippen MR) is 282 cm³/mol. The first kappa shape index (κ1) is 62.2. The van der Waals surface area contributed by atoms with Crippen molar-refractivity contribution in [1.29, 1.82) is 0 Å². The highest BCUT2D eigenvalue weighted by molar-refractivity contribution is 5.57. The fourth-order valence-electron chi connectivity index (χ4n) is 5.67. The molecule has 0 aromatic heterocycles. The quantitative estimate of drug-likeness (QED) is 0.0228. The number of anilines is 6. The zero-order valence-electron chi connectivity index (χ0n) is 43.0. The van der Waals surface area contributed by atoms with Gasteiger partial charge in [0.2, 0.25) is 0 Å². The lowest BCUT2D eigenvalue weighted by atomic mass is 10.2. The Morgan fingerprint density at radius 2 is 0.708 bits per heavy atom. The molecule has 12 N–H and O–H groups in total. The maximum absolute atomic E-state index is 10.0. The second-order valence-corrected chi connectivity index (χ2v) is 17.3. The van der Waals surface area contributed by atoms with Gasteiger partial charge in [-0.3, -0.25) is 0 Å². The zero-order valence-corrected chi connectivity index (χ0v) is 43.0. The zero-order chi connectivity index (χ0) is 51.9. The molecule has 7 rings (SSSR count). The largest absolute Gasteiger partial charge is 0.399 e. The number of nitrogens with one attached hydrogen (secondary N) is 3. The van der Waals surface area contributed by atoms with Crippen molar-refractivity contribution in [3.05, 3.63) is 72.8 Å².